The van der Waals surface area contributed by atoms with Gasteiger partial charge < -0.3 is 9.84 Å². The summed E-state index contributed by atoms with van der Waals surface area (Å²) >= 11 is 0. The van der Waals surface area contributed by atoms with Crippen LogP contribution in [-0.2, 0) is 12.7 Å². The molecule has 7 nitrogen and oxygen atoms in total. The van der Waals surface area contributed by atoms with Crippen molar-refractivity contribution < 1.29 is 22.5 Å². The quantitative estimate of drug-likeness (QED) is 0.505. The number of amides is 1. The van der Waals surface area contributed by atoms with Gasteiger partial charge in [0.1, 0.15) is 0 Å². The Morgan fingerprint density at radius 1 is 1.16 bits per heavy atom. The van der Waals surface area contributed by atoms with E-state index in [1.54, 1.807) is 37.5 Å². The first-order valence-corrected chi connectivity index (χ1v) is 9.17. The van der Waals surface area contributed by atoms with E-state index in [-0.39, 0.29) is 17.8 Å². The molecule has 0 aliphatic carbocycles. The van der Waals surface area contributed by atoms with Gasteiger partial charge in [0.25, 0.3) is 5.91 Å². The minimum absolute atomic E-state index is 0.0532. The maximum atomic E-state index is 13.3. The number of pyridine rings is 1. The van der Waals surface area contributed by atoms with Crippen molar-refractivity contribution in [2.24, 2.45) is 0 Å². The maximum absolute atomic E-state index is 13.3. The van der Waals surface area contributed by atoms with Gasteiger partial charge in [0.2, 0.25) is 0 Å². The molecule has 3 heterocycles. The second-order valence-corrected chi connectivity index (χ2v) is 6.85. The van der Waals surface area contributed by atoms with Gasteiger partial charge in [-0.25, -0.2) is 0 Å². The highest BCUT2D eigenvalue weighted by molar-refractivity contribution is 6.03. The van der Waals surface area contributed by atoms with E-state index in [9.17, 15) is 18.0 Å². The van der Waals surface area contributed by atoms with E-state index < -0.39 is 17.6 Å². The van der Waals surface area contributed by atoms with Crippen LogP contribution in [-0.4, -0.2) is 25.8 Å². The largest absolute Gasteiger partial charge is 0.416 e. The number of carbonyl (C=O) groups is 1. The lowest BCUT2D eigenvalue weighted by atomic mass is 10.0. The van der Waals surface area contributed by atoms with Gasteiger partial charge in [-0.2, -0.15) is 18.3 Å². The molecular formula is C21H16F3N5O2. The predicted octanol–water partition coefficient (Wildman–Crippen LogP) is 4.56. The molecule has 1 aromatic carbocycles. The predicted molar refractivity (Wildman–Crippen MR) is 105 cm³/mol. The second kappa shape index (κ2) is 8.05. The van der Waals surface area contributed by atoms with Crippen LogP contribution in [0.1, 0.15) is 27.2 Å². The van der Waals surface area contributed by atoms with Crippen LogP contribution >= 0.6 is 0 Å². The monoisotopic (exact) mass is 427 g/mol. The zero-order chi connectivity index (χ0) is 22.0. The van der Waals surface area contributed by atoms with Gasteiger partial charge in [0.05, 0.1) is 24.0 Å². The zero-order valence-corrected chi connectivity index (χ0v) is 16.2. The highest BCUT2D eigenvalue weighted by Gasteiger charge is 2.33. The van der Waals surface area contributed by atoms with Crippen LogP contribution in [0, 0.1) is 6.92 Å². The lowest BCUT2D eigenvalue weighted by Crippen LogP contribution is -2.13. The molecule has 0 atom stereocenters. The summed E-state index contributed by atoms with van der Waals surface area (Å²) in [6, 6.07) is 9.05. The first-order valence-electron chi connectivity index (χ1n) is 9.17. The molecule has 158 valence electrons. The zero-order valence-electron chi connectivity index (χ0n) is 16.2. The summed E-state index contributed by atoms with van der Waals surface area (Å²) in [6.07, 6.45) is 1.50. The van der Waals surface area contributed by atoms with Crippen molar-refractivity contribution >= 4 is 11.6 Å². The fraction of sp³-hybridized carbons (Fsp3) is 0.143. The molecule has 10 heteroatoms. The highest BCUT2D eigenvalue weighted by Crippen LogP contribution is 2.33. The third kappa shape index (κ3) is 4.63. The molecule has 0 bridgehead atoms. The van der Waals surface area contributed by atoms with Crippen molar-refractivity contribution in [1.29, 1.82) is 0 Å². The number of benzene rings is 1. The summed E-state index contributed by atoms with van der Waals surface area (Å²) in [4.78, 5) is 16.3. The van der Waals surface area contributed by atoms with Crippen molar-refractivity contribution in [3.8, 4) is 11.3 Å². The summed E-state index contributed by atoms with van der Waals surface area (Å²) in [7, 11) is 0. The van der Waals surface area contributed by atoms with E-state index in [1.165, 1.54) is 29.2 Å². The minimum atomic E-state index is -4.47. The average molecular weight is 427 g/mol. The lowest BCUT2D eigenvalue weighted by molar-refractivity contribution is -0.138. The number of hydrogen-bond donors (Lipinski definition) is 1. The molecule has 1 amide bonds. The number of aromatic nitrogens is 4. The summed E-state index contributed by atoms with van der Waals surface area (Å²) in [5.41, 5.74) is 0.977. The number of hydrogen-bond acceptors (Lipinski definition) is 5. The number of nitrogens with one attached hydrogen (secondary N) is 1. The number of aryl methyl sites for hydroxylation is 1. The molecule has 0 saturated carbocycles. The van der Waals surface area contributed by atoms with Gasteiger partial charge in [-0.05, 0) is 30.7 Å². The van der Waals surface area contributed by atoms with Gasteiger partial charge in [-0.15, -0.1) is 0 Å². The van der Waals surface area contributed by atoms with Crippen molar-refractivity contribution in [3.05, 3.63) is 83.6 Å². The molecule has 0 saturated heterocycles. The van der Waals surface area contributed by atoms with Crippen molar-refractivity contribution in [1.82, 2.24) is 19.9 Å². The molecule has 0 fully saturated rings. The first-order chi connectivity index (χ1) is 14.8. The Hall–Kier alpha value is -3.95. The molecule has 0 spiro atoms. The van der Waals surface area contributed by atoms with Crippen LogP contribution in [0.2, 0.25) is 0 Å². The fourth-order valence-corrected chi connectivity index (χ4v) is 3.01. The first kappa shape index (κ1) is 20.3. The van der Waals surface area contributed by atoms with Gasteiger partial charge in [0.15, 0.2) is 11.5 Å². The minimum Gasteiger partial charge on any atom is -0.355 e. The normalized spacial score (nSPS) is 11.5. The van der Waals surface area contributed by atoms with Crippen LogP contribution in [0.4, 0.5) is 18.9 Å². The van der Waals surface area contributed by atoms with E-state index in [2.05, 4.69) is 20.6 Å². The van der Waals surface area contributed by atoms with Crippen molar-refractivity contribution in [2.75, 3.05) is 5.32 Å². The Bertz CT molecular complexity index is 1220. The van der Waals surface area contributed by atoms with E-state index in [1.807, 2.05) is 0 Å². The third-order valence-corrected chi connectivity index (χ3v) is 4.50. The summed E-state index contributed by atoms with van der Waals surface area (Å²) in [6.45, 7) is 1.51. The SMILES string of the molecule is Cc1ccc(Cn2cc(NC(=O)c3cc(-c4ccncc4)on3)cn2)c(C(F)(F)F)c1. The lowest BCUT2D eigenvalue weighted by Gasteiger charge is -2.13. The molecule has 0 aliphatic heterocycles. The van der Waals surface area contributed by atoms with Crippen LogP contribution in [0.3, 0.4) is 0 Å². The summed E-state index contributed by atoms with van der Waals surface area (Å²) in [5.74, 6) is -0.128. The molecule has 4 rings (SSSR count). The number of halogens is 3. The van der Waals surface area contributed by atoms with Crippen LogP contribution < -0.4 is 5.32 Å². The average Bonchev–Trinajstić information content (AvgIpc) is 3.39. The highest BCUT2D eigenvalue weighted by atomic mass is 19.4. The van der Waals surface area contributed by atoms with E-state index in [4.69, 9.17) is 4.52 Å². The fourth-order valence-electron chi connectivity index (χ4n) is 3.01. The van der Waals surface area contributed by atoms with E-state index in [0.29, 0.717) is 22.6 Å². The number of carbonyl (C=O) groups excluding carboxylic acids is 1. The third-order valence-electron chi connectivity index (χ3n) is 4.50. The number of alkyl halides is 3. The Kier molecular flexibility index (Phi) is 5.28. The summed E-state index contributed by atoms with van der Waals surface area (Å²) < 4.78 is 46.4. The Morgan fingerprint density at radius 3 is 2.68 bits per heavy atom. The Balaban J connectivity index is 1.47. The molecule has 31 heavy (non-hydrogen) atoms. The smallest absolute Gasteiger partial charge is 0.355 e. The Morgan fingerprint density at radius 2 is 1.94 bits per heavy atom. The summed E-state index contributed by atoms with van der Waals surface area (Å²) in [5, 5.41) is 10.4. The van der Waals surface area contributed by atoms with Crippen LogP contribution in [0.25, 0.3) is 11.3 Å². The molecular weight excluding hydrogens is 411 g/mol. The number of nitrogens with zero attached hydrogens (tertiary/aromatic N) is 4. The van der Waals surface area contributed by atoms with Crippen LogP contribution in [0.5, 0.6) is 0 Å². The maximum Gasteiger partial charge on any atom is 0.416 e. The molecule has 0 unspecified atom stereocenters. The topological polar surface area (TPSA) is 85.8 Å². The number of rotatable bonds is 5. The van der Waals surface area contributed by atoms with Gasteiger partial charge in [-0.3, -0.25) is 14.5 Å². The van der Waals surface area contributed by atoms with Crippen molar-refractivity contribution in [2.45, 2.75) is 19.6 Å². The molecule has 0 radical (unpaired) electrons. The van der Waals surface area contributed by atoms with Gasteiger partial charge in [0, 0.05) is 30.2 Å². The van der Waals surface area contributed by atoms with E-state index >= 15 is 0 Å². The molecule has 1 N–H and O–H groups in total. The molecule has 0 aliphatic rings. The van der Waals surface area contributed by atoms with Crippen LogP contribution in [0.15, 0.2) is 65.7 Å². The Labute approximate surface area is 174 Å². The van der Waals surface area contributed by atoms with E-state index in [0.717, 1.165) is 6.07 Å². The standard InChI is InChI=1S/C21H16F3N5O2/c1-13-2-3-15(17(8-13)21(22,23)24)11-29-12-16(10-26-29)27-20(30)18-9-19(31-28-18)14-4-6-25-7-5-14/h2-10,12H,11H2,1H3,(H,27,30). The number of anilines is 1. The molecule has 3 aromatic heterocycles. The van der Waals surface area contributed by atoms with Crippen molar-refractivity contribution in [3.63, 3.8) is 0 Å². The van der Waals surface area contributed by atoms with Gasteiger partial charge in [-0.1, -0.05) is 22.9 Å². The van der Waals surface area contributed by atoms with Gasteiger partial charge >= 0.3 is 6.18 Å². The molecule has 4 aromatic rings. The second-order valence-electron chi connectivity index (χ2n) is 6.85.